The molecule has 0 aliphatic carbocycles. The lowest BCUT2D eigenvalue weighted by Gasteiger charge is -2.16. The van der Waals surface area contributed by atoms with Gasteiger partial charge in [0.2, 0.25) is 0 Å². The SMILES string of the molecule is COc1c(C)cc(C(Cl)c2ccc(F)cc2I)cc1C. The Morgan fingerprint density at radius 2 is 1.75 bits per heavy atom. The van der Waals surface area contributed by atoms with Crippen molar-refractivity contribution in [1.82, 2.24) is 0 Å². The monoisotopic (exact) mass is 404 g/mol. The van der Waals surface area contributed by atoms with Crippen LogP contribution in [0.25, 0.3) is 0 Å². The van der Waals surface area contributed by atoms with Crippen molar-refractivity contribution < 1.29 is 9.13 Å². The summed E-state index contributed by atoms with van der Waals surface area (Å²) in [5, 5.41) is -0.300. The van der Waals surface area contributed by atoms with Crippen LogP contribution in [0.15, 0.2) is 30.3 Å². The molecule has 0 bridgehead atoms. The van der Waals surface area contributed by atoms with Gasteiger partial charge >= 0.3 is 0 Å². The first kappa shape index (κ1) is 15.6. The van der Waals surface area contributed by atoms with Crippen molar-refractivity contribution in [3.05, 3.63) is 62.0 Å². The Kier molecular flexibility index (Phi) is 4.91. The summed E-state index contributed by atoms with van der Waals surface area (Å²) in [6, 6.07) is 8.71. The Labute approximate surface area is 137 Å². The zero-order valence-electron chi connectivity index (χ0n) is 11.5. The van der Waals surface area contributed by atoms with Crippen molar-refractivity contribution in [3.8, 4) is 5.75 Å². The molecule has 4 heteroatoms. The Balaban J connectivity index is 2.45. The lowest BCUT2D eigenvalue weighted by molar-refractivity contribution is 0.408. The van der Waals surface area contributed by atoms with E-state index in [-0.39, 0.29) is 11.2 Å². The predicted octanol–water partition coefficient (Wildman–Crippen LogP) is 5.38. The van der Waals surface area contributed by atoms with Gasteiger partial charge in [0.05, 0.1) is 12.5 Å². The zero-order valence-corrected chi connectivity index (χ0v) is 14.4. The number of ether oxygens (including phenoxy) is 1. The molecule has 0 aliphatic heterocycles. The number of halogens is 3. The predicted molar refractivity (Wildman–Crippen MR) is 89.3 cm³/mol. The van der Waals surface area contributed by atoms with Gasteiger partial charge in [-0.05, 0) is 70.8 Å². The first-order valence-electron chi connectivity index (χ1n) is 6.18. The summed E-state index contributed by atoms with van der Waals surface area (Å²) in [5.74, 6) is 0.635. The molecule has 2 aromatic carbocycles. The van der Waals surface area contributed by atoms with E-state index in [0.29, 0.717) is 0 Å². The molecular formula is C16H15ClFIO. The van der Waals surface area contributed by atoms with E-state index in [1.54, 1.807) is 13.2 Å². The van der Waals surface area contributed by atoms with Gasteiger partial charge in [0.1, 0.15) is 11.6 Å². The number of rotatable bonds is 3. The summed E-state index contributed by atoms with van der Waals surface area (Å²) in [5.41, 5.74) is 4.00. The molecule has 0 saturated heterocycles. The molecule has 20 heavy (non-hydrogen) atoms. The van der Waals surface area contributed by atoms with Gasteiger partial charge in [-0.3, -0.25) is 0 Å². The molecule has 1 nitrogen and oxygen atoms in total. The minimum atomic E-state index is -0.300. The summed E-state index contributed by atoms with van der Waals surface area (Å²) in [7, 11) is 1.66. The van der Waals surface area contributed by atoms with Crippen LogP contribution in [0.1, 0.15) is 27.6 Å². The lowest BCUT2D eigenvalue weighted by atomic mass is 9.99. The van der Waals surface area contributed by atoms with Crippen molar-refractivity contribution in [2.75, 3.05) is 7.11 Å². The Hall–Kier alpha value is -0.810. The van der Waals surface area contributed by atoms with Gasteiger partial charge < -0.3 is 4.74 Å². The quantitative estimate of drug-likeness (QED) is 0.493. The van der Waals surface area contributed by atoms with E-state index < -0.39 is 0 Å². The maximum atomic E-state index is 13.2. The number of hydrogen-bond donors (Lipinski definition) is 0. The first-order chi connectivity index (χ1) is 9.43. The normalized spacial score (nSPS) is 12.3. The van der Waals surface area contributed by atoms with Gasteiger partial charge in [0.15, 0.2) is 0 Å². The largest absolute Gasteiger partial charge is 0.496 e. The van der Waals surface area contributed by atoms with Crippen LogP contribution in [0.2, 0.25) is 0 Å². The lowest BCUT2D eigenvalue weighted by Crippen LogP contribution is -2.00. The van der Waals surface area contributed by atoms with E-state index in [1.165, 1.54) is 12.1 Å². The third-order valence-corrected chi connectivity index (χ3v) is 4.64. The van der Waals surface area contributed by atoms with Gasteiger partial charge in [-0.15, -0.1) is 11.6 Å². The van der Waals surface area contributed by atoms with Crippen molar-refractivity contribution in [1.29, 1.82) is 0 Å². The molecule has 0 radical (unpaired) electrons. The van der Waals surface area contributed by atoms with Crippen LogP contribution < -0.4 is 4.74 Å². The smallest absolute Gasteiger partial charge is 0.124 e. The standard InChI is InChI=1S/C16H15ClFIO/c1-9-6-11(7-10(2)16(9)20-3)15(17)13-5-4-12(18)8-14(13)19/h4-8,15H,1-3H3. The van der Waals surface area contributed by atoms with Crippen molar-refractivity contribution in [2.24, 2.45) is 0 Å². The van der Waals surface area contributed by atoms with Gasteiger partial charge in [-0.25, -0.2) is 4.39 Å². The average molecular weight is 405 g/mol. The number of alkyl halides is 1. The fourth-order valence-corrected chi connectivity index (χ4v) is 3.63. The molecule has 0 fully saturated rings. The number of benzene rings is 2. The Bertz CT molecular complexity index is 619. The minimum Gasteiger partial charge on any atom is -0.496 e. The third-order valence-electron chi connectivity index (χ3n) is 3.21. The number of methoxy groups -OCH3 is 1. The van der Waals surface area contributed by atoms with Crippen molar-refractivity contribution >= 4 is 34.2 Å². The Morgan fingerprint density at radius 1 is 1.15 bits per heavy atom. The molecule has 0 aliphatic rings. The zero-order chi connectivity index (χ0) is 14.9. The maximum absolute atomic E-state index is 13.2. The first-order valence-corrected chi connectivity index (χ1v) is 7.69. The van der Waals surface area contributed by atoms with Crippen molar-refractivity contribution in [2.45, 2.75) is 19.2 Å². The van der Waals surface area contributed by atoms with Crippen LogP contribution in [-0.4, -0.2) is 7.11 Å². The maximum Gasteiger partial charge on any atom is 0.124 e. The Morgan fingerprint density at radius 3 is 2.25 bits per heavy atom. The minimum absolute atomic E-state index is 0.246. The molecule has 1 unspecified atom stereocenters. The summed E-state index contributed by atoms with van der Waals surface area (Å²) in [4.78, 5) is 0. The molecule has 0 amide bonds. The highest BCUT2D eigenvalue weighted by molar-refractivity contribution is 14.1. The van der Waals surface area contributed by atoms with Crippen LogP contribution >= 0.6 is 34.2 Å². The second-order valence-electron chi connectivity index (χ2n) is 4.72. The van der Waals surface area contributed by atoms with Gasteiger partial charge in [0.25, 0.3) is 0 Å². The van der Waals surface area contributed by atoms with Crippen LogP contribution in [0.5, 0.6) is 5.75 Å². The van der Waals surface area contributed by atoms with E-state index in [2.05, 4.69) is 22.6 Å². The van der Waals surface area contributed by atoms with E-state index >= 15 is 0 Å². The molecule has 2 rings (SSSR count). The molecule has 2 aromatic rings. The van der Waals surface area contributed by atoms with Crippen LogP contribution in [0, 0.1) is 23.2 Å². The van der Waals surface area contributed by atoms with E-state index in [1.807, 2.05) is 26.0 Å². The molecule has 0 saturated carbocycles. The van der Waals surface area contributed by atoms with Crippen LogP contribution in [-0.2, 0) is 0 Å². The summed E-state index contributed by atoms with van der Waals surface area (Å²) in [6.45, 7) is 3.99. The van der Waals surface area contributed by atoms with E-state index in [9.17, 15) is 4.39 Å². The second kappa shape index (κ2) is 6.31. The van der Waals surface area contributed by atoms with Crippen LogP contribution in [0.3, 0.4) is 0 Å². The molecule has 106 valence electrons. The summed E-state index contributed by atoms with van der Waals surface area (Å²) >= 11 is 8.67. The number of aryl methyl sites for hydroxylation is 2. The third kappa shape index (κ3) is 3.09. The molecular weight excluding hydrogens is 390 g/mol. The van der Waals surface area contributed by atoms with Gasteiger partial charge in [0, 0.05) is 3.57 Å². The van der Waals surface area contributed by atoms with E-state index in [4.69, 9.17) is 16.3 Å². The fraction of sp³-hybridized carbons (Fsp3) is 0.250. The second-order valence-corrected chi connectivity index (χ2v) is 6.31. The molecule has 0 N–H and O–H groups in total. The molecule has 0 aromatic heterocycles. The highest BCUT2D eigenvalue weighted by Gasteiger charge is 2.17. The highest BCUT2D eigenvalue weighted by atomic mass is 127. The molecule has 0 heterocycles. The molecule has 1 atom stereocenters. The highest BCUT2D eigenvalue weighted by Crippen LogP contribution is 2.35. The van der Waals surface area contributed by atoms with Crippen LogP contribution in [0.4, 0.5) is 4.39 Å². The summed E-state index contributed by atoms with van der Waals surface area (Å²) < 4.78 is 19.4. The molecule has 0 spiro atoms. The van der Waals surface area contributed by atoms with Gasteiger partial charge in [-0.1, -0.05) is 18.2 Å². The topological polar surface area (TPSA) is 9.23 Å². The van der Waals surface area contributed by atoms with E-state index in [0.717, 1.165) is 31.6 Å². The fourth-order valence-electron chi connectivity index (χ4n) is 2.34. The van der Waals surface area contributed by atoms with Crippen molar-refractivity contribution in [3.63, 3.8) is 0 Å². The number of hydrogen-bond acceptors (Lipinski definition) is 1. The van der Waals surface area contributed by atoms with Gasteiger partial charge in [-0.2, -0.15) is 0 Å². The summed E-state index contributed by atoms with van der Waals surface area (Å²) in [6.07, 6.45) is 0. The average Bonchev–Trinajstić information content (AvgIpc) is 2.37.